The Labute approximate surface area is 119 Å². The Balaban J connectivity index is 2.43. The molecule has 0 unspecified atom stereocenters. The van der Waals surface area contributed by atoms with Gasteiger partial charge < -0.3 is 4.74 Å². The van der Waals surface area contributed by atoms with E-state index in [0.29, 0.717) is 12.1 Å². The van der Waals surface area contributed by atoms with E-state index in [-0.39, 0.29) is 5.78 Å². The molecule has 0 N–H and O–H groups in total. The van der Waals surface area contributed by atoms with Crippen molar-refractivity contribution in [2.75, 3.05) is 7.11 Å². The second-order valence-electron chi connectivity index (χ2n) is 4.99. The minimum atomic E-state index is 0.0693. The van der Waals surface area contributed by atoms with E-state index in [1.165, 1.54) is 11.3 Å². The molecule has 1 aromatic carbocycles. The molecule has 0 aliphatic carbocycles. The van der Waals surface area contributed by atoms with Crippen LogP contribution in [0.15, 0.2) is 36.5 Å². The Bertz CT molecular complexity index is 647. The van der Waals surface area contributed by atoms with Crippen LogP contribution in [0.5, 0.6) is 5.75 Å². The highest BCUT2D eigenvalue weighted by atomic mass is 16.5. The molecule has 20 heavy (non-hydrogen) atoms. The number of aromatic nitrogens is 1. The van der Waals surface area contributed by atoms with Gasteiger partial charge in [-0.2, -0.15) is 4.57 Å². The number of nitrogens with zero attached hydrogens (tertiary/aromatic N) is 1. The van der Waals surface area contributed by atoms with Gasteiger partial charge in [0.15, 0.2) is 24.2 Å². The van der Waals surface area contributed by atoms with Gasteiger partial charge in [0, 0.05) is 24.1 Å². The summed E-state index contributed by atoms with van der Waals surface area (Å²) in [6.07, 6.45) is 2.04. The summed E-state index contributed by atoms with van der Waals surface area (Å²) in [5.74, 6) is 0.878. The fourth-order valence-corrected chi connectivity index (χ4v) is 2.23. The number of carbonyl (C=O) groups excluding carboxylic acids is 1. The molecule has 0 atom stereocenters. The average Bonchev–Trinajstić information content (AvgIpc) is 2.43. The summed E-state index contributed by atoms with van der Waals surface area (Å²) < 4.78 is 7.56. The first-order valence-corrected chi connectivity index (χ1v) is 6.66. The molecule has 2 aromatic rings. The molecule has 1 heterocycles. The van der Waals surface area contributed by atoms with E-state index in [4.69, 9.17) is 4.74 Å². The average molecular weight is 270 g/mol. The zero-order valence-electron chi connectivity index (χ0n) is 12.4. The van der Waals surface area contributed by atoms with E-state index in [0.717, 1.165) is 11.3 Å². The van der Waals surface area contributed by atoms with Crippen LogP contribution in [0.25, 0.3) is 0 Å². The number of benzene rings is 1. The lowest BCUT2D eigenvalue weighted by Crippen LogP contribution is -2.38. The number of methoxy groups -OCH3 is 1. The summed E-state index contributed by atoms with van der Waals surface area (Å²) in [7, 11) is 1.65. The number of Topliss-reactive ketones (excluding diaryl/α,β-unsaturated/α-hetero) is 1. The molecule has 0 radical (unpaired) electrons. The van der Waals surface area contributed by atoms with Crippen LogP contribution in [0.1, 0.15) is 34.1 Å². The number of ether oxygens (including phenoxy) is 1. The van der Waals surface area contributed by atoms with E-state index < -0.39 is 0 Å². The van der Waals surface area contributed by atoms with Gasteiger partial charge in [-0.1, -0.05) is 0 Å². The predicted octanol–water partition coefficient (Wildman–Crippen LogP) is 2.85. The van der Waals surface area contributed by atoms with Gasteiger partial charge in [-0.25, -0.2) is 0 Å². The number of hydrogen-bond acceptors (Lipinski definition) is 2. The molecule has 1 aromatic heterocycles. The van der Waals surface area contributed by atoms with Crippen LogP contribution in [-0.4, -0.2) is 12.9 Å². The van der Waals surface area contributed by atoms with E-state index in [9.17, 15) is 4.79 Å². The number of carbonyl (C=O) groups is 1. The van der Waals surface area contributed by atoms with Crippen LogP contribution in [0.2, 0.25) is 0 Å². The van der Waals surface area contributed by atoms with Crippen LogP contribution in [0.3, 0.4) is 0 Å². The molecule has 0 bridgehead atoms. The highest BCUT2D eigenvalue weighted by Crippen LogP contribution is 2.20. The molecule has 2 rings (SSSR count). The second-order valence-corrected chi connectivity index (χ2v) is 4.99. The minimum absolute atomic E-state index is 0.0693. The van der Waals surface area contributed by atoms with Crippen LogP contribution < -0.4 is 9.30 Å². The molecule has 3 heteroatoms. The molecule has 0 saturated heterocycles. The van der Waals surface area contributed by atoms with Crippen molar-refractivity contribution in [1.82, 2.24) is 0 Å². The third-order valence-corrected chi connectivity index (χ3v) is 3.64. The summed E-state index contributed by atoms with van der Waals surface area (Å²) in [6, 6.07) is 9.70. The normalized spacial score (nSPS) is 10.4. The number of rotatable bonds is 4. The van der Waals surface area contributed by atoms with Crippen molar-refractivity contribution in [2.45, 2.75) is 27.3 Å². The van der Waals surface area contributed by atoms with E-state index in [1.807, 2.05) is 24.4 Å². The molecule has 0 aliphatic rings. The van der Waals surface area contributed by atoms with E-state index in [2.05, 4.69) is 24.5 Å². The standard InChI is InChI=1S/C17H20NO2/c1-12-6-5-9-18(13(12)2)11-16-10-15(14(3)19)7-8-17(16)20-4/h5-10H,11H2,1-4H3/q+1. The lowest BCUT2D eigenvalue weighted by atomic mass is 10.1. The van der Waals surface area contributed by atoms with Gasteiger partial charge in [0.2, 0.25) is 0 Å². The van der Waals surface area contributed by atoms with Crippen molar-refractivity contribution in [3.05, 3.63) is 58.9 Å². The predicted molar refractivity (Wildman–Crippen MR) is 78.2 cm³/mol. The maximum Gasteiger partial charge on any atom is 0.181 e. The highest BCUT2D eigenvalue weighted by Gasteiger charge is 2.14. The van der Waals surface area contributed by atoms with Gasteiger partial charge in [0.1, 0.15) is 5.75 Å². The molecule has 0 spiro atoms. The van der Waals surface area contributed by atoms with Crippen LogP contribution in [-0.2, 0) is 6.54 Å². The van der Waals surface area contributed by atoms with Gasteiger partial charge in [-0.15, -0.1) is 0 Å². The number of ketones is 1. The zero-order chi connectivity index (χ0) is 14.7. The quantitative estimate of drug-likeness (QED) is 0.631. The van der Waals surface area contributed by atoms with Crippen LogP contribution >= 0.6 is 0 Å². The fourth-order valence-electron chi connectivity index (χ4n) is 2.23. The summed E-state index contributed by atoms with van der Waals surface area (Å²) in [5, 5.41) is 0. The highest BCUT2D eigenvalue weighted by molar-refractivity contribution is 5.94. The minimum Gasteiger partial charge on any atom is -0.496 e. The molecule has 3 nitrogen and oxygen atoms in total. The molecule has 0 amide bonds. The van der Waals surface area contributed by atoms with Gasteiger partial charge in [0.25, 0.3) is 0 Å². The number of hydrogen-bond donors (Lipinski definition) is 0. The molecule has 0 fully saturated rings. The maximum absolute atomic E-state index is 11.5. The molecule has 104 valence electrons. The zero-order valence-corrected chi connectivity index (χ0v) is 12.4. The van der Waals surface area contributed by atoms with Crippen molar-refractivity contribution in [3.63, 3.8) is 0 Å². The third kappa shape index (κ3) is 2.87. The summed E-state index contributed by atoms with van der Waals surface area (Å²) >= 11 is 0. The second kappa shape index (κ2) is 5.87. The van der Waals surface area contributed by atoms with Gasteiger partial charge in [0.05, 0.1) is 12.7 Å². The Hall–Kier alpha value is -2.16. The third-order valence-electron chi connectivity index (χ3n) is 3.64. The molecule has 0 aliphatic heterocycles. The first-order chi connectivity index (χ1) is 9.52. The van der Waals surface area contributed by atoms with Crippen molar-refractivity contribution in [2.24, 2.45) is 0 Å². The van der Waals surface area contributed by atoms with E-state index in [1.54, 1.807) is 20.1 Å². The van der Waals surface area contributed by atoms with Crippen molar-refractivity contribution in [1.29, 1.82) is 0 Å². The lowest BCUT2D eigenvalue weighted by molar-refractivity contribution is -0.694. The first kappa shape index (κ1) is 14.3. The first-order valence-electron chi connectivity index (χ1n) is 6.66. The van der Waals surface area contributed by atoms with Gasteiger partial charge >= 0.3 is 0 Å². The Kier molecular flexibility index (Phi) is 4.18. The maximum atomic E-state index is 11.5. The van der Waals surface area contributed by atoms with Crippen molar-refractivity contribution >= 4 is 5.78 Å². The van der Waals surface area contributed by atoms with Gasteiger partial charge in [-0.05, 0) is 38.1 Å². The van der Waals surface area contributed by atoms with E-state index >= 15 is 0 Å². The monoisotopic (exact) mass is 270 g/mol. The van der Waals surface area contributed by atoms with Gasteiger partial charge in [-0.3, -0.25) is 4.79 Å². The Morgan fingerprint density at radius 3 is 2.65 bits per heavy atom. The summed E-state index contributed by atoms with van der Waals surface area (Å²) in [4.78, 5) is 11.5. The molecular formula is C17H20NO2+. The topological polar surface area (TPSA) is 30.2 Å². The fraction of sp³-hybridized carbons (Fsp3) is 0.294. The van der Waals surface area contributed by atoms with Crippen LogP contribution in [0, 0.1) is 13.8 Å². The molecular weight excluding hydrogens is 250 g/mol. The lowest BCUT2D eigenvalue weighted by Gasteiger charge is -2.09. The largest absolute Gasteiger partial charge is 0.496 e. The van der Waals surface area contributed by atoms with Crippen molar-refractivity contribution < 1.29 is 14.1 Å². The number of aryl methyl sites for hydroxylation is 1. The summed E-state index contributed by atoms with van der Waals surface area (Å²) in [5.41, 5.74) is 4.18. The smallest absolute Gasteiger partial charge is 0.181 e. The molecule has 0 saturated carbocycles. The Morgan fingerprint density at radius 1 is 1.25 bits per heavy atom. The Morgan fingerprint density at radius 2 is 2.00 bits per heavy atom. The van der Waals surface area contributed by atoms with Crippen molar-refractivity contribution in [3.8, 4) is 5.75 Å². The number of pyridine rings is 1. The van der Waals surface area contributed by atoms with Crippen LogP contribution in [0.4, 0.5) is 0 Å². The SMILES string of the molecule is COc1ccc(C(C)=O)cc1C[n+]1cccc(C)c1C. The summed E-state index contributed by atoms with van der Waals surface area (Å²) in [6.45, 7) is 6.46.